The number of nitrogens with one attached hydrogen (secondary N) is 3. The molecule has 186 valence electrons. The molecule has 0 saturated heterocycles. The van der Waals surface area contributed by atoms with Gasteiger partial charge in [0.05, 0.1) is 37.5 Å². The average molecular weight is 482 g/mol. The Labute approximate surface area is 204 Å². The Balaban J connectivity index is 1.86. The SMILES string of the molecule is CCOC(=O)c1ccc(NC(=O)C2=C(C)NC(=O)N[C@@H]2c2ccc(OCC(C)C)c(OC)c2)cc1. The van der Waals surface area contributed by atoms with E-state index in [4.69, 9.17) is 14.2 Å². The van der Waals surface area contributed by atoms with Crippen LogP contribution in [0.5, 0.6) is 11.5 Å². The quantitative estimate of drug-likeness (QED) is 0.463. The molecule has 2 aromatic carbocycles. The summed E-state index contributed by atoms with van der Waals surface area (Å²) in [7, 11) is 1.54. The Hall–Kier alpha value is -4.01. The lowest BCUT2D eigenvalue weighted by molar-refractivity contribution is -0.113. The monoisotopic (exact) mass is 481 g/mol. The summed E-state index contributed by atoms with van der Waals surface area (Å²) >= 11 is 0. The second kappa shape index (κ2) is 11.4. The van der Waals surface area contributed by atoms with Crippen molar-refractivity contribution in [2.75, 3.05) is 25.6 Å². The van der Waals surface area contributed by atoms with Crippen molar-refractivity contribution < 1.29 is 28.6 Å². The molecule has 0 fully saturated rings. The van der Waals surface area contributed by atoms with Crippen molar-refractivity contribution in [2.24, 2.45) is 5.92 Å². The van der Waals surface area contributed by atoms with Gasteiger partial charge in [-0.15, -0.1) is 0 Å². The number of ether oxygens (including phenoxy) is 3. The number of benzene rings is 2. The highest BCUT2D eigenvalue weighted by Crippen LogP contribution is 2.34. The van der Waals surface area contributed by atoms with Crippen molar-refractivity contribution in [3.63, 3.8) is 0 Å². The van der Waals surface area contributed by atoms with E-state index in [1.807, 2.05) is 13.8 Å². The summed E-state index contributed by atoms with van der Waals surface area (Å²) in [5.41, 5.74) is 2.32. The third-order valence-corrected chi connectivity index (χ3v) is 5.26. The van der Waals surface area contributed by atoms with Crippen LogP contribution in [0.2, 0.25) is 0 Å². The minimum atomic E-state index is -0.712. The number of carbonyl (C=O) groups is 3. The maximum Gasteiger partial charge on any atom is 0.338 e. The molecule has 0 unspecified atom stereocenters. The minimum Gasteiger partial charge on any atom is -0.493 e. The topological polar surface area (TPSA) is 115 Å². The van der Waals surface area contributed by atoms with Gasteiger partial charge in [-0.3, -0.25) is 4.79 Å². The molecule has 0 saturated carbocycles. The van der Waals surface area contributed by atoms with Gasteiger partial charge < -0.3 is 30.2 Å². The molecule has 1 atom stereocenters. The van der Waals surface area contributed by atoms with Gasteiger partial charge in [0.2, 0.25) is 0 Å². The van der Waals surface area contributed by atoms with Gasteiger partial charge in [0.15, 0.2) is 11.5 Å². The van der Waals surface area contributed by atoms with Crippen LogP contribution in [0.4, 0.5) is 10.5 Å². The fourth-order valence-electron chi connectivity index (χ4n) is 3.59. The number of hydrogen-bond donors (Lipinski definition) is 3. The summed E-state index contributed by atoms with van der Waals surface area (Å²) < 4.78 is 16.3. The zero-order valence-corrected chi connectivity index (χ0v) is 20.6. The van der Waals surface area contributed by atoms with E-state index in [1.54, 1.807) is 56.3 Å². The number of allylic oxidation sites excluding steroid dienone is 1. The average Bonchev–Trinajstić information content (AvgIpc) is 2.82. The number of amides is 3. The molecule has 0 aliphatic carbocycles. The van der Waals surface area contributed by atoms with Gasteiger partial charge in [0.1, 0.15) is 0 Å². The van der Waals surface area contributed by atoms with Crippen molar-refractivity contribution >= 4 is 23.6 Å². The lowest BCUT2D eigenvalue weighted by atomic mass is 9.94. The molecule has 35 heavy (non-hydrogen) atoms. The van der Waals surface area contributed by atoms with E-state index < -0.39 is 23.9 Å². The highest BCUT2D eigenvalue weighted by Gasteiger charge is 2.32. The maximum absolute atomic E-state index is 13.3. The zero-order chi connectivity index (χ0) is 25.5. The molecule has 2 aromatic rings. The molecule has 3 rings (SSSR count). The van der Waals surface area contributed by atoms with Gasteiger partial charge in [-0.2, -0.15) is 0 Å². The lowest BCUT2D eigenvalue weighted by Crippen LogP contribution is -2.46. The van der Waals surface area contributed by atoms with Crippen LogP contribution >= 0.6 is 0 Å². The Kier molecular flexibility index (Phi) is 8.35. The molecule has 9 heteroatoms. The molecule has 0 radical (unpaired) electrons. The van der Waals surface area contributed by atoms with Crippen LogP contribution in [0.1, 0.15) is 49.7 Å². The van der Waals surface area contributed by atoms with Gasteiger partial charge in [-0.1, -0.05) is 19.9 Å². The van der Waals surface area contributed by atoms with E-state index in [1.165, 1.54) is 7.11 Å². The molecule has 0 aromatic heterocycles. The number of urea groups is 1. The minimum absolute atomic E-state index is 0.278. The van der Waals surface area contributed by atoms with Crippen LogP contribution in [0.3, 0.4) is 0 Å². The largest absolute Gasteiger partial charge is 0.493 e. The molecule has 1 aliphatic rings. The zero-order valence-electron chi connectivity index (χ0n) is 20.6. The van der Waals surface area contributed by atoms with E-state index in [2.05, 4.69) is 16.0 Å². The van der Waals surface area contributed by atoms with Gasteiger partial charge in [0.25, 0.3) is 5.91 Å². The van der Waals surface area contributed by atoms with Crippen LogP contribution in [-0.2, 0) is 9.53 Å². The number of anilines is 1. The first-order valence-corrected chi connectivity index (χ1v) is 11.4. The number of hydrogen-bond acceptors (Lipinski definition) is 6. The van der Waals surface area contributed by atoms with Gasteiger partial charge in [-0.25, -0.2) is 9.59 Å². The van der Waals surface area contributed by atoms with E-state index in [0.29, 0.717) is 52.1 Å². The van der Waals surface area contributed by atoms with Crippen LogP contribution < -0.4 is 25.4 Å². The van der Waals surface area contributed by atoms with E-state index in [0.717, 1.165) is 0 Å². The fraction of sp³-hybridized carbons (Fsp3) is 0.346. The second-order valence-electron chi connectivity index (χ2n) is 8.44. The van der Waals surface area contributed by atoms with E-state index in [-0.39, 0.29) is 6.61 Å². The fourth-order valence-corrected chi connectivity index (χ4v) is 3.59. The van der Waals surface area contributed by atoms with Crippen molar-refractivity contribution in [3.05, 3.63) is 64.9 Å². The number of rotatable bonds is 9. The van der Waals surface area contributed by atoms with Crippen molar-refractivity contribution in [1.29, 1.82) is 0 Å². The summed E-state index contributed by atoms with van der Waals surface area (Å²) in [5, 5.41) is 8.30. The van der Waals surface area contributed by atoms with Gasteiger partial charge in [-0.05, 0) is 61.7 Å². The Morgan fingerprint density at radius 1 is 1.09 bits per heavy atom. The highest BCUT2D eigenvalue weighted by atomic mass is 16.5. The van der Waals surface area contributed by atoms with Crippen LogP contribution in [0.25, 0.3) is 0 Å². The molecule has 1 aliphatic heterocycles. The van der Waals surface area contributed by atoms with Crippen molar-refractivity contribution in [3.8, 4) is 11.5 Å². The Morgan fingerprint density at radius 3 is 2.43 bits per heavy atom. The molecule has 3 amide bonds. The predicted octanol–water partition coefficient (Wildman–Crippen LogP) is 4.17. The third kappa shape index (κ3) is 6.32. The molecule has 9 nitrogen and oxygen atoms in total. The van der Waals surface area contributed by atoms with Crippen molar-refractivity contribution in [1.82, 2.24) is 10.6 Å². The summed E-state index contributed by atoms with van der Waals surface area (Å²) in [6.45, 7) is 8.31. The standard InChI is InChI=1S/C26H31N3O6/c1-6-34-25(31)17-7-10-19(11-8-17)28-24(30)22-16(4)27-26(32)29-23(22)18-9-12-20(21(13-18)33-5)35-14-15(2)3/h7-13,15,23H,6,14H2,1-5H3,(H,28,30)(H2,27,29,32)/t23-/m1/s1. The molecular weight excluding hydrogens is 450 g/mol. The third-order valence-electron chi connectivity index (χ3n) is 5.26. The summed E-state index contributed by atoms with van der Waals surface area (Å²) in [4.78, 5) is 37.4. The van der Waals surface area contributed by atoms with Gasteiger partial charge in [0, 0.05) is 11.4 Å². The first kappa shape index (κ1) is 25.6. The summed E-state index contributed by atoms with van der Waals surface area (Å²) in [6, 6.07) is 10.6. The lowest BCUT2D eigenvalue weighted by Gasteiger charge is -2.29. The van der Waals surface area contributed by atoms with E-state index >= 15 is 0 Å². The number of methoxy groups -OCH3 is 1. The van der Waals surface area contributed by atoms with Crippen LogP contribution in [-0.4, -0.2) is 38.2 Å². The van der Waals surface area contributed by atoms with Crippen LogP contribution in [0, 0.1) is 5.92 Å². The number of esters is 1. The van der Waals surface area contributed by atoms with Crippen LogP contribution in [0.15, 0.2) is 53.7 Å². The molecule has 1 heterocycles. The first-order valence-electron chi connectivity index (χ1n) is 11.4. The van der Waals surface area contributed by atoms with Gasteiger partial charge >= 0.3 is 12.0 Å². The second-order valence-corrected chi connectivity index (χ2v) is 8.44. The molecular formula is C26H31N3O6. The van der Waals surface area contributed by atoms with E-state index in [9.17, 15) is 14.4 Å². The first-order chi connectivity index (χ1) is 16.7. The predicted molar refractivity (Wildman–Crippen MR) is 131 cm³/mol. The smallest absolute Gasteiger partial charge is 0.338 e. The number of carbonyl (C=O) groups excluding carboxylic acids is 3. The summed E-state index contributed by atoms with van der Waals surface area (Å²) in [6.07, 6.45) is 0. The summed E-state index contributed by atoms with van der Waals surface area (Å²) in [5.74, 6) is 0.595. The molecule has 0 bridgehead atoms. The Bertz CT molecular complexity index is 1120. The molecule has 0 spiro atoms. The highest BCUT2D eigenvalue weighted by molar-refractivity contribution is 6.07. The normalized spacial score (nSPS) is 15.3. The Morgan fingerprint density at radius 2 is 1.80 bits per heavy atom. The molecule has 3 N–H and O–H groups in total. The van der Waals surface area contributed by atoms with Crippen molar-refractivity contribution in [2.45, 2.75) is 33.7 Å². The maximum atomic E-state index is 13.3.